The van der Waals surface area contributed by atoms with Gasteiger partial charge in [-0.15, -0.1) is 11.3 Å². The monoisotopic (exact) mass is 309 g/mol. The predicted octanol–water partition coefficient (Wildman–Crippen LogP) is 3.63. The van der Waals surface area contributed by atoms with Crippen LogP contribution in [-0.4, -0.2) is 23.5 Å². The van der Waals surface area contributed by atoms with Crippen LogP contribution in [0.25, 0.3) is 0 Å². The number of nitrogens with zero attached hydrogens (tertiary/aromatic N) is 2. The second kappa shape index (κ2) is 7.18. The van der Waals surface area contributed by atoms with Crippen LogP contribution in [0.4, 0.5) is 0 Å². The third kappa shape index (κ3) is 4.28. The minimum absolute atomic E-state index is 0.0247. The van der Waals surface area contributed by atoms with Crippen molar-refractivity contribution in [3.63, 3.8) is 0 Å². The SMILES string of the molecule is Cc1nc(CN(C)CCC(N)c2ccccc2Cl)cs1. The molecule has 2 aromatic rings. The molecule has 0 aliphatic rings. The van der Waals surface area contributed by atoms with Crippen molar-refractivity contribution in [3.05, 3.63) is 50.9 Å². The van der Waals surface area contributed by atoms with Gasteiger partial charge in [-0.25, -0.2) is 4.98 Å². The number of hydrogen-bond donors (Lipinski definition) is 1. The van der Waals surface area contributed by atoms with Gasteiger partial charge in [0.15, 0.2) is 0 Å². The van der Waals surface area contributed by atoms with Gasteiger partial charge in [0.1, 0.15) is 0 Å². The Morgan fingerprint density at radius 1 is 1.40 bits per heavy atom. The second-order valence-corrected chi connectivity index (χ2v) is 6.48. The topological polar surface area (TPSA) is 42.2 Å². The molecule has 0 bridgehead atoms. The molecular weight excluding hydrogens is 290 g/mol. The fourth-order valence-electron chi connectivity index (χ4n) is 2.13. The van der Waals surface area contributed by atoms with Gasteiger partial charge < -0.3 is 10.6 Å². The van der Waals surface area contributed by atoms with E-state index < -0.39 is 0 Å². The van der Waals surface area contributed by atoms with Crippen LogP contribution in [0.15, 0.2) is 29.6 Å². The molecule has 2 rings (SSSR count). The predicted molar refractivity (Wildman–Crippen MR) is 86.2 cm³/mol. The molecule has 0 fully saturated rings. The van der Waals surface area contributed by atoms with E-state index in [0.29, 0.717) is 0 Å². The minimum atomic E-state index is -0.0247. The van der Waals surface area contributed by atoms with Gasteiger partial charge in [-0.05, 0) is 32.0 Å². The summed E-state index contributed by atoms with van der Waals surface area (Å²) in [4.78, 5) is 6.72. The van der Waals surface area contributed by atoms with Crippen LogP contribution in [0.5, 0.6) is 0 Å². The Balaban J connectivity index is 1.84. The maximum absolute atomic E-state index is 6.22. The number of hydrogen-bond acceptors (Lipinski definition) is 4. The lowest BCUT2D eigenvalue weighted by molar-refractivity contribution is 0.308. The second-order valence-electron chi connectivity index (χ2n) is 5.01. The molecule has 2 N–H and O–H groups in total. The fraction of sp³-hybridized carbons (Fsp3) is 0.400. The third-order valence-corrected chi connectivity index (χ3v) is 4.39. The lowest BCUT2D eigenvalue weighted by Crippen LogP contribution is -2.23. The van der Waals surface area contributed by atoms with Crippen molar-refractivity contribution in [3.8, 4) is 0 Å². The maximum atomic E-state index is 6.22. The summed E-state index contributed by atoms with van der Waals surface area (Å²) < 4.78 is 0. The highest BCUT2D eigenvalue weighted by atomic mass is 35.5. The Morgan fingerprint density at radius 3 is 2.80 bits per heavy atom. The fourth-order valence-corrected chi connectivity index (χ4v) is 3.01. The summed E-state index contributed by atoms with van der Waals surface area (Å²) in [5, 5.41) is 3.97. The quantitative estimate of drug-likeness (QED) is 0.886. The highest BCUT2D eigenvalue weighted by Crippen LogP contribution is 2.23. The number of thiazole rings is 1. The molecule has 1 aromatic carbocycles. The van der Waals surface area contributed by atoms with E-state index in [4.69, 9.17) is 17.3 Å². The molecule has 1 aromatic heterocycles. The Bertz CT molecular complexity index is 556. The van der Waals surface area contributed by atoms with Crippen LogP contribution >= 0.6 is 22.9 Å². The van der Waals surface area contributed by atoms with Gasteiger partial charge >= 0.3 is 0 Å². The molecule has 0 saturated heterocycles. The molecule has 0 aliphatic heterocycles. The van der Waals surface area contributed by atoms with Crippen LogP contribution in [0.1, 0.15) is 28.7 Å². The standard InChI is InChI=1S/C15H20ClN3S/c1-11-18-12(10-20-11)9-19(2)8-7-15(17)13-5-3-4-6-14(13)16/h3-6,10,15H,7-9,17H2,1-2H3. The van der Waals surface area contributed by atoms with Crippen LogP contribution in [0, 0.1) is 6.92 Å². The summed E-state index contributed by atoms with van der Waals surface area (Å²) in [5.41, 5.74) is 8.36. The number of aryl methyl sites for hydroxylation is 1. The van der Waals surface area contributed by atoms with E-state index in [-0.39, 0.29) is 6.04 Å². The number of rotatable bonds is 6. The van der Waals surface area contributed by atoms with Gasteiger partial charge in [-0.2, -0.15) is 0 Å². The number of nitrogens with two attached hydrogens (primary N) is 1. The highest BCUT2D eigenvalue weighted by molar-refractivity contribution is 7.09. The average molecular weight is 310 g/mol. The van der Waals surface area contributed by atoms with Gasteiger partial charge in [0, 0.05) is 29.5 Å². The molecule has 3 nitrogen and oxygen atoms in total. The summed E-state index contributed by atoms with van der Waals surface area (Å²) in [6, 6.07) is 7.76. The molecule has 1 atom stereocenters. The Hall–Kier alpha value is -0.940. The largest absolute Gasteiger partial charge is 0.324 e. The zero-order valence-electron chi connectivity index (χ0n) is 11.8. The first kappa shape index (κ1) is 15.4. The lowest BCUT2D eigenvalue weighted by Gasteiger charge is -2.19. The Kier molecular flexibility index (Phi) is 5.54. The summed E-state index contributed by atoms with van der Waals surface area (Å²) in [7, 11) is 2.09. The van der Waals surface area contributed by atoms with Crippen molar-refractivity contribution >= 4 is 22.9 Å². The maximum Gasteiger partial charge on any atom is 0.0897 e. The van der Waals surface area contributed by atoms with E-state index in [0.717, 1.165) is 40.8 Å². The molecule has 0 radical (unpaired) electrons. The Labute approximate surface area is 129 Å². The first-order valence-electron chi connectivity index (χ1n) is 6.66. The van der Waals surface area contributed by atoms with Gasteiger partial charge in [0.2, 0.25) is 0 Å². The molecule has 1 heterocycles. The molecule has 108 valence electrons. The van der Waals surface area contributed by atoms with E-state index in [1.54, 1.807) is 11.3 Å². The van der Waals surface area contributed by atoms with Crippen molar-refractivity contribution in [1.82, 2.24) is 9.88 Å². The zero-order chi connectivity index (χ0) is 14.5. The molecule has 0 spiro atoms. The summed E-state index contributed by atoms with van der Waals surface area (Å²) >= 11 is 7.85. The average Bonchev–Trinajstić information content (AvgIpc) is 2.82. The van der Waals surface area contributed by atoms with E-state index in [1.165, 1.54) is 0 Å². The van der Waals surface area contributed by atoms with Crippen LogP contribution in [0.3, 0.4) is 0 Å². The van der Waals surface area contributed by atoms with Crippen molar-refractivity contribution < 1.29 is 0 Å². The molecule has 1 unspecified atom stereocenters. The normalized spacial score (nSPS) is 12.8. The van der Waals surface area contributed by atoms with Crippen molar-refractivity contribution in [2.75, 3.05) is 13.6 Å². The van der Waals surface area contributed by atoms with Crippen molar-refractivity contribution in [1.29, 1.82) is 0 Å². The van der Waals surface area contributed by atoms with E-state index in [9.17, 15) is 0 Å². The van der Waals surface area contributed by atoms with Gasteiger partial charge in [0.25, 0.3) is 0 Å². The number of aromatic nitrogens is 1. The van der Waals surface area contributed by atoms with E-state index >= 15 is 0 Å². The van der Waals surface area contributed by atoms with E-state index in [2.05, 4.69) is 22.3 Å². The van der Waals surface area contributed by atoms with Crippen molar-refractivity contribution in [2.24, 2.45) is 5.73 Å². The Morgan fingerprint density at radius 2 is 2.15 bits per heavy atom. The van der Waals surface area contributed by atoms with Crippen LogP contribution in [-0.2, 0) is 6.54 Å². The number of halogens is 1. The van der Waals surface area contributed by atoms with E-state index in [1.807, 2.05) is 31.2 Å². The number of benzene rings is 1. The summed E-state index contributed by atoms with van der Waals surface area (Å²) in [6.45, 7) is 3.81. The molecule has 0 aliphatic carbocycles. The summed E-state index contributed by atoms with van der Waals surface area (Å²) in [5.74, 6) is 0. The minimum Gasteiger partial charge on any atom is -0.324 e. The van der Waals surface area contributed by atoms with Gasteiger partial charge in [0.05, 0.1) is 10.7 Å². The van der Waals surface area contributed by atoms with Gasteiger partial charge in [-0.3, -0.25) is 0 Å². The molecule has 0 saturated carbocycles. The highest BCUT2D eigenvalue weighted by Gasteiger charge is 2.11. The smallest absolute Gasteiger partial charge is 0.0897 e. The van der Waals surface area contributed by atoms with Crippen LogP contribution < -0.4 is 5.73 Å². The van der Waals surface area contributed by atoms with Crippen LogP contribution in [0.2, 0.25) is 5.02 Å². The molecule has 0 amide bonds. The summed E-state index contributed by atoms with van der Waals surface area (Å²) in [6.07, 6.45) is 0.878. The first-order valence-corrected chi connectivity index (χ1v) is 7.91. The van der Waals surface area contributed by atoms with Gasteiger partial charge in [-0.1, -0.05) is 29.8 Å². The zero-order valence-corrected chi connectivity index (χ0v) is 13.4. The molecule has 5 heteroatoms. The lowest BCUT2D eigenvalue weighted by atomic mass is 10.0. The molecular formula is C15H20ClN3S. The first-order chi connectivity index (χ1) is 9.56. The van der Waals surface area contributed by atoms with Crippen molar-refractivity contribution in [2.45, 2.75) is 25.9 Å². The molecule has 20 heavy (non-hydrogen) atoms. The third-order valence-electron chi connectivity index (χ3n) is 3.23.